The van der Waals surface area contributed by atoms with Crippen LogP contribution >= 0.6 is 0 Å². The minimum absolute atomic E-state index is 0.0774. The van der Waals surface area contributed by atoms with Gasteiger partial charge in [-0.15, -0.1) is 0 Å². The third-order valence-electron chi connectivity index (χ3n) is 2.83. The Morgan fingerprint density at radius 1 is 1.33 bits per heavy atom. The number of aromatic nitrogens is 1. The van der Waals surface area contributed by atoms with Crippen molar-refractivity contribution in [2.45, 2.75) is 26.8 Å². The number of hydrogen-bond donors (Lipinski definition) is 3. The molecule has 0 aliphatic rings. The number of rotatable bonds is 1. The van der Waals surface area contributed by atoms with Crippen LogP contribution in [0, 0.1) is 13.8 Å². The zero-order chi connectivity index (χ0) is 11.2. The summed E-state index contributed by atoms with van der Waals surface area (Å²) in [4.78, 5) is 3.28. The maximum Gasteiger partial charge on any atom is 0.125 e. The molecule has 15 heavy (non-hydrogen) atoms. The number of phenolic OH excluding ortho intramolecular Hbond substituents is 1. The topological polar surface area (TPSA) is 62.0 Å². The Kier molecular flexibility index (Phi) is 2.20. The molecule has 0 aliphatic heterocycles. The number of fused-ring (bicyclic) bond motifs is 1. The number of nitrogens with two attached hydrogens (primary N) is 1. The van der Waals surface area contributed by atoms with Gasteiger partial charge in [0.15, 0.2) is 0 Å². The monoisotopic (exact) mass is 204 g/mol. The smallest absolute Gasteiger partial charge is 0.125 e. The highest BCUT2D eigenvalue weighted by atomic mass is 16.3. The van der Waals surface area contributed by atoms with Crippen LogP contribution in [0.15, 0.2) is 12.1 Å². The van der Waals surface area contributed by atoms with Gasteiger partial charge in [0.05, 0.1) is 5.52 Å². The maximum absolute atomic E-state index is 9.86. The number of nitrogens with one attached hydrogen (secondary N) is 1. The number of benzene rings is 1. The summed E-state index contributed by atoms with van der Waals surface area (Å²) in [7, 11) is 0. The number of phenols is 1. The second-order valence-electron chi connectivity index (χ2n) is 4.10. The van der Waals surface area contributed by atoms with Crippen LogP contribution in [0.25, 0.3) is 10.9 Å². The van der Waals surface area contributed by atoms with Crippen molar-refractivity contribution in [3.8, 4) is 5.75 Å². The minimum atomic E-state index is -0.0774. The highest BCUT2D eigenvalue weighted by molar-refractivity contribution is 5.92. The number of aromatic amines is 1. The molecule has 0 spiro atoms. The highest BCUT2D eigenvalue weighted by Gasteiger charge is 2.16. The van der Waals surface area contributed by atoms with Crippen molar-refractivity contribution < 1.29 is 5.11 Å². The molecule has 2 rings (SSSR count). The fourth-order valence-electron chi connectivity index (χ4n) is 2.14. The average molecular weight is 204 g/mol. The zero-order valence-electron chi connectivity index (χ0n) is 9.26. The van der Waals surface area contributed by atoms with Gasteiger partial charge in [-0.25, -0.2) is 0 Å². The van der Waals surface area contributed by atoms with Crippen LogP contribution in [0.4, 0.5) is 0 Å². The Morgan fingerprint density at radius 3 is 2.60 bits per heavy atom. The van der Waals surface area contributed by atoms with E-state index < -0.39 is 0 Å². The number of aromatic hydroxyl groups is 1. The predicted octanol–water partition coefficient (Wildman–Crippen LogP) is 2.51. The lowest BCUT2D eigenvalue weighted by atomic mass is 10.0. The van der Waals surface area contributed by atoms with Gasteiger partial charge < -0.3 is 15.8 Å². The van der Waals surface area contributed by atoms with E-state index in [1.165, 1.54) is 0 Å². The first-order valence-corrected chi connectivity index (χ1v) is 5.08. The molecule has 0 radical (unpaired) electrons. The normalized spacial score (nSPS) is 13.3. The first kappa shape index (κ1) is 10.1. The molecule has 1 aromatic heterocycles. The summed E-state index contributed by atoms with van der Waals surface area (Å²) in [6.45, 7) is 5.93. The molecule has 1 aromatic carbocycles. The van der Waals surface area contributed by atoms with Gasteiger partial charge in [0.25, 0.3) is 0 Å². The van der Waals surface area contributed by atoms with Crippen LogP contribution in [-0.2, 0) is 0 Å². The fraction of sp³-hybridized carbons (Fsp3) is 0.333. The second kappa shape index (κ2) is 3.28. The first-order valence-electron chi connectivity index (χ1n) is 5.08. The SMILES string of the molecule is Cc1[nH]c2c(C)ccc(O)c2c1C(C)N. The largest absolute Gasteiger partial charge is 0.507 e. The Labute approximate surface area is 88.9 Å². The highest BCUT2D eigenvalue weighted by Crippen LogP contribution is 2.34. The molecule has 1 atom stereocenters. The lowest BCUT2D eigenvalue weighted by Gasteiger charge is -2.06. The Morgan fingerprint density at radius 2 is 2.00 bits per heavy atom. The number of aryl methyl sites for hydroxylation is 2. The standard InChI is InChI=1S/C12H16N2O/c1-6-4-5-9(15)11-10(7(2)13)8(3)14-12(6)11/h4-5,7,14-15H,13H2,1-3H3. The quantitative estimate of drug-likeness (QED) is 0.668. The van der Waals surface area contributed by atoms with E-state index in [4.69, 9.17) is 5.73 Å². The van der Waals surface area contributed by atoms with Gasteiger partial charge in [0.1, 0.15) is 5.75 Å². The van der Waals surface area contributed by atoms with Crippen molar-refractivity contribution in [1.82, 2.24) is 4.98 Å². The van der Waals surface area contributed by atoms with Crippen LogP contribution in [0.1, 0.15) is 29.8 Å². The van der Waals surface area contributed by atoms with E-state index in [1.807, 2.05) is 26.8 Å². The molecule has 0 bridgehead atoms. The molecular weight excluding hydrogens is 188 g/mol. The summed E-state index contributed by atoms with van der Waals surface area (Å²) in [6, 6.07) is 3.54. The van der Waals surface area contributed by atoms with Crippen molar-refractivity contribution in [3.63, 3.8) is 0 Å². The molecule has 0 aliphatic carbocycles. The Balaban J connectivity index is 2.92. The zero-order valence-corrected chi connectivity index (χ0v) is 9.26. The van der Waals surface area contributed by atoms with Crippen LogP contribution in [0.5, 0.6) is 5.75 Å². The van der Waals surface area contributed by atoms with Crippen molar-refractivity contribution >= 4 is 10.9 Å². The summed E-state index contributed by atoms with van der Waals surface area (Å²) < 4.78 is 0. The fourth-order valence-corrected chi connectivity index (χ4v) is 2.14. The van der Waals surface area contributed by atoms with E-state index in [9.17, 15) is 5.11 Å². The minimum Gasteiger partial charge on any atom is -0.507 e. The van der Waals surface area contributed by atoms with E-state index >= 15 is 0 Å². The predicted molar refractivity (Wildman–Crippen MR) is 62.0 cm³/mol. The molecule has 0 saturated heterocycles. The molecule has 3 heteroatoms. The molecule has 1 unspecified atom stereocenters. The van der Waals surface area contributed by atoms with E-state index in [2.05, 4.69) is 4.98 Å². The van der Waals surface area contributed by atoms with Crippen molar-refractivity contribution in [2.24, 2.45) is 5.73 Å². The number of hydrogen-bond acceptors (Lipinski definition) is 2. The molecule has 1 heterocycles. The first-order chi connectivity index (χ1) is 7.02. The Bertz CT molecular complexity index is 512. The summed E-state index contributed by atoms with van der Waals surface area (Å²) in [5, 5.41) is 10.7. The molecule has 0 amide bonds. The van der Waals surface area contributed by atoms with E-state index in [0.29, 0.717) is 5.75 Å². The van der Waals surface area contributed by atoms with E-state index in [-0.39, 0.29) is 6.04 Å². The van der Waals surface area contributed by atoms with Gasteiger partial charge >= 0.3 is 0 Å². The van der Waals surface area contributed by atoms with Crippen molar-refractivity contribution in [2.75, 3.05) is 0 Å². The van der Waals surface area contributed by atoms with Crippen LogP contribution in [0.3, 0.4) is 0 Å². The van der Waals surface area contributed by atoms with Crippen LogP contribution in [-0.4, -0.2) is 10.1 Å². The second-order valence-corrected chi connectivity index (χ2v) is 4.10. The summed E-state index contributed by atoms with van der Waals surface area (Å²) in [6.07, 6.45) is 0. The molecular formula is C12H16N2O. The molecule has 0 fully saturated rings. The average Bonchev–Trinajstić information content (AvgIpc) is 2.50. The third kappa shape index (κ3) is 1.39. The molecule has 4 N–H and O–H groups in total. The van der Waals surface area contributed by atoms with Gasteiger partial charge in [-0.1, -0.05) is 6.07 Å². The lowest BCUT2D eigenvalue weighted by molar-refractivity contribution is 0.481. The summed E-state index contributed by atoms with van der Waals surface area (Å²) in [5.41, 5.74) is 10.1. The maximum atomic E-state index is 9.86. The van der Waals surface area contributed by atoms with Crippen LogP contribution < -0.4 is 5.73 Å². The summed E-state index contributed by atoms with van der Waals surface area (Å²) >= 11 is 0. The molecule has 3 nitrogen and oxygen atoms in total. The van der Waals surface area contributed by atoms with Gasteiger partial charge in [-0.3, -0.25) is 0 Å². The number of H-pyrrole nitrogens is 1. The molecule has 0 saturated carbocycles. The lowest BCUT2D eigenvalue weighted by Crippen LogP contribution is -2.05. The molecule has 80 valence electrons. The van der Waals surface area contributed by atoms with E-state index in [0.717, 1.165) is 27.7 Å². The molecule has 2 aromatic rings. The third-order valence-corrected chi connectivity index (χ3v) is 2.83. The van der Waals surface area contributed by atoms with Gasteiger partial charge in [-0.05, 0) is 32.4 Å². The van der Waals surface area contributed by atoms with Gasteiger partial charge in [0.2, 0.25) is 0 Å². The van der Waals surface area contributed by atoms with E-state index in [1.54, 1.807) is 6.07 Å². The van der Waals surface area contributed by atoms with Gasteiger partial charge in [-0.2, -0.15) is 0 Å². The van der Waals surface area contributed by atoms with Crippen molar-refractivity contribution in [3.05, 3.63) is 29.0 Å². The Hall–Kier alpha value is -1.48. The van der Waals surface area contributed by atoms with Crippen LogP contribution in [0.2, 0.25) is 0 Å². The van der Waals surface area contributed by atoms with Crippen molar-refractivity contribution in [1.29, 1.82) is 0 Å². The summed E-state index contributed by atoms with van der Waals surface area (Å²) in [5.74, 6) is 0.298. The van der Waals surface area contributed by atoms with Gasteiger partial charge in [0, 0.05) is 22.7 Å².